The zero-order chi connectivity index (χ0) is 24.8. The minimum atomic E-state index is -4.81. The van der Waals surface area contributed by atoms with Crippen LogP contribution in [0.5, 0.6) is 0 Å². The first kappa shape index (κ1) is 25.9. The quantitative estimate of drug-likeness (QED) is 0.561. The lowest BCUT2D eigenvalue weighted by Crippen LogP contribution is -2.49. The van der Waals surface area contributed by atoms with Crippen LogP contribution < -0.4 is 11.1 Å². The van der Waals surface area contributed by atoms with Crippen molar-refractivity contribution in [3.8, 4) is 17.2 Å². The second-order valence-corrected chi connectivity index (χ2v) is 8.19. The number of benzene rings is 2. The third-order valence-electron chi connectivity index (χ3n) is 4.93. The minimum absolute atomic E-state index is 0.00441. The highest BCUT2D eigenvalue weighted by Gasteiger charge is 2.47. The molecule has 2 rings (SSSR count). The summed E-state index contributed by atoms with van der Waals surface area (Å²) in [6.07, 6.45) is -4.61. The molecule has 176 valence electrons. The van der Waals surface area contributed by atoms with Gasteiger partial charge in [-0.3, -0.25) is 9.59 Å². The van der Waals surface area contributed by atoms with E-state index in [-0.39, 0.29) is 23.8 Å². The second-order valence-electron chi connectivity index (χ2n) is 8.19. The summed E-state index contributed by atoms with van der Waals surface area (Å²) >= 11 is 0. The third-order valence-corrected chi connectivity index (χ3v) is 4.93. The summed E-state index contributed by atoms with van der Waals surface area (Å²) in [5, 5.41) is 11.8. The van der Waals surface area contributed by atoms with Crippen molar-refractivity contribution in [2.45, 2.75) is 45.5 Å². The van der Waals surface area contributed by atoms with Gasteiger partial charge in [0, 0.05) is 12.6 Å². The van der Waals surface area contributed by atoms with Crippen LogP contribution in [0.4, 0.5) is 18.9 Å². The summed E-state index contributed by atoms with van der Waals surface area (Å²) in [5.74, 6) is -1.15. The number of hydrogen-bond acceptors (Lipinski definition) is 4. The molecule has 0 aliphatic heterocycles. The Balaban J connectivity index is 2.41. The molecule has 0 heterocycles. The van der Waals surface area contributed by atoms with Gasteiger partial charge in [0.25, 0.3) is 0 Å². The van der Waals surface area contributed by atoms with Gasteiger partial charge in [-0.1, -0.05) is 50.2 Å². The molecule has 0 saturated heterocycles. The number of nitriles is 1. The summed E-state index contributed by atoms with van der Waals surface area (Å²) < 4.78 is 42.2. The summed E-state index contributed by atoms with van der Waals surface area (Å²) in [6, 6.07) is 10.7. The Labute approximate surface area is 191 Å². The molecule has 0 radical (unpaired) electrons. The van der Waals surface area contributed by atoms with E-state index < -0.39 is 30.7 Å². The highest BCUT2D eigenvalue weighted by molar-refractivity contribution is 5.89. The van der Waals surface area contributed by atoms with E-state index in [4.69, 9.17) is 11.0 Å². The van der Waals surface area contributed by atoms with Gasteiger partial charge in [-0.15, -0.1) is 0 Å². The number of carbonyl (C=O) groups excluding carboxylic acids is 2. The Morgan fingerprint density at radius 3 is 2.27 bits per heavy atom. The summed E-state index contributed by atoms with van der Waals surface area (Å²) in [4.78, 5) is 24.5. The van der Waals surface area contributed by atoms with Crippen LogP contribution in [-0.2, 0) is 9.59 Å². The molecular formula is C24H27F3N4O2. The number of nitrogens with one attached hydrogen (secondary N) is 1. The molecule has 2 aromatic carbocycles. The Morgan fingerprint density at radius 1 is 1.12 bits per heavy atom. The van der Waals surface area contributed by atoms with Crippen molar-refractivity contribution >= 4 is 17.5 Å². The van der Waals surface area contributed by atoms with E-state index >= 15 is 0 Å². The molecule has 0 fully saturated rings. The van der Waals surface area contributed by atoms with Crippen LogP contribution in [0.15, 0.2) is 48.5 Å². The van der Waals surface area contributed by atoms with E-state index in [0.29, 0.717) is 21.7 Å². The molecule has 0 spiro atoms. The topological polar surface area (TPSA) is 99.2 Å². The molecule has 3 N–H and O–H groups in total. The van der Waals surface area contributed by atoms with E-state index in [0.717, 1.165) is 0 Å². The van der Waals surface area contributed by atoms with Crippen molar-refractivity contribution in [1.82, 2.24) is 4.90 Å². The Hall–Kier alpha value is -3.38. The molecule has 0 aliphatic carbocycles. The van der Waals surface area contributed by atoms with E-state index in [2.05, 4.69) is 5.32 Å². The molecule has 1 unspecified atom stereocenters. The first-order valence-electron chi connectivity index (χ1n) is 10.4. The van der Waals surface area contributed by atoms with E-state index in [1.165, 1.54) is 31.2 Å². The zero-order valence-electron chi connectivity index (χ0n) is 18.7. The van der Waals surface area contributed by atoms with Crippen molar-refractivity contribution < 1.29 is 22.8 Å². The average molecular weight is 461 g/mol. The monoisotopic (exact) mass is 460 g/mol. The maximum atomic E-state index is 14.1. The predicted molar refractivity (Wildman–Crippen MR) is 120 cm³/mol. The minimum Gasteiger partial charge on any atom is -0.326 e. The average Bonchev–Trinajstić information content (AvgIpc) is 2.71. The number of anilines is 1. The van der Waals surface area contributed by atoms with Gasteiger partial charge < -0.3 is 16.0 Å². The molecule has 0 saturated carbocycles. The van der Waals surface area contributed by atoms with Gasteiger partial charge in [-0.05, 0) is 41.2 Å². The molecule has 0 aliphatic rings. The second kappa shape index (κ2) is 11.0. The van der Waals surface area contributed by atoms with Crippen LogP contribution in [0.2, 0.25) is 0 Å². The Kier molecular flexibility index (Phi) is 8.60. The Bertz CT molecular complexity index is 1010. The highest BCUT2D eigenvalue weighted by atomic mass is 19.4. The summed E-state index contributed by atoms with van der Waals surface area (Å²) in [7, 11) is 0. The number of halogens is 3. The number of hydrogen-bond donors (Lipinski definition) is 2. The first-order chi connectivity index (χ1) is 15.4. The van der Waals surface area contributed by atoms with Crippen LogP contribution in [0.25, 0.3) is 11.1 Å². The zero-order valence-corrected chi connectivity index (χ0v) is 18.7. The number of nitrogens with zero attached hydrogens (tertiary/aromatic N) is 2. The van der Waals surface area contributed by atoms with Crippen LogP contribution >= 0.6 is 0 Å². The fourth-order valence-corrected chi connectivity index (χ4v) is 3.58. The third kappa shape index (κ3) is 7.05. The van der Waals surface area contributed by atoms with E-state index in [9.17, 15) is 22.8 Å². The summed E-state index contributed by atoms with van der Waals surface area (Å²) in [5.41, 5.74) is 7.56. The molecule has 6 nitrogen and oxygen atoms in total. The standard InChI is InChI=1S/C24H27F3N4O2/c1-15(2)13-21(29)23(33)31(12-11-28)22(24(25,26)27)18-9-7-17(8-10-18)19-5-4-6-20(14-19)30-16(3)32/h4-10,14-15,21-22H,12-13,29H2,1-3H3,(H,30,32)/t21-,22?/m0/s1. The van der Waals surface area contributed by atoms with Gasteiger partial charge >= 0.3 is 6.18 Å². The fraction of sp³-hybridized carbons (Fsp3) is 0.375. The van der Waals surface area contributed by atoms with Crippen molar-refractivity contribution in [1.29, 1.82) is 5.26 Å². The van der Waals surface area contributed by atoms with E-state index in [1.807, 2.05) is 13.8 Å². The molecule has 2 aromatic rings. The Morgan fingerprint density at radius 2 is 1.76 bits per heavy atom. The van der Waals surface area contributed by atoms with Crippen molar-refractivity contribution in [2.75, 3.05) is 11.9 Å². The van der Waals surface area contributed by atoms with Crippen molar-refractivity contribution in [3.63, 3.8) is 0 Å². The van der Waals surface area contributed by atoms with Crippen LogP contribution in [-0.4, -0.2) is 35.5 Å². The molecule has 33 heavy (non-hydrogen) atoms. The maximum Gasteiger partial charge on any atom is 0.413 e. The largest absolute Gasteiger partial charge is 0.413 e. The van der Waals surface area contributed by atoms with Crippen LogP contribution in [0, 0.1) is 17.2 Å². The fourth-order valence-electron chi connectivity index (χ4n) is 3.58. The van der Waals surface area contributed by atoms with Gasteiger partial charge in [-0.25, -0.2) is 0 Å². The first-order valence-corrected chi connectivity index (χ1v) is 10.4. The van der Waals surface area contributed by atoms with Gasteiger partial charge in [0.2, 0.25) is 11.8 Å². The number of nitrogens with two attached hydrogens (primary N) is 1. The summed E-state index contributed by atoms with van der Waals surface area (Å²) in [6.45, 7) is 4.25. The maximum absolute atomic E-state index is 14.1. The highest BCUT2D eigenvalue weighted by Crippen LogP contribution is 2.39. The molecule has 0 aromatic heterocycles. The molecular weight excluding hydrogens is 433 g/mol. The van der Waals surface area contributed by atoms with Crippen molar-refractivity contribution in [3.05, 3.63) is 54.1 Å². The lowest BCUT2D eigenvalue weighted by atomic mass is 9.97. The van der Waals surface area contributed by atoms with Gasteiger partial charge in [-0.2, -0.15) is 18.4 Å². The van der Waals surface area contributed by atoms with E-state index in [1.54, 1.807) is 30.3 Å². The number of carbonyl (C=O) groups is 2. The molecule has 9 heteroatoms. The SMILES string of the molecule is CC(=O)Nc1cccc(-c2ccc(C(N(CC#N)C(=O)[C@@H](N)CC(C)C)C(F)(F)F)cc2)c1. The predicted octanol–water partition coefficient (Wildman–Crippen LogP) is 4.64. The number of amides is 2. The number of rotatable bonds is 8. The van der Waals surface area contributed by atoms with Gasteiger partial charge in [0.15, 0.2) is 6.04 Å². The van der Waals surface area contributed by atoms with Gasteiger partial charge in [0.05, 0.1) is 12.1 Å². The number of alkyl halides is 3. The van der Waals surface area contributed by atoms with Crippen LogP contribution in [0.3, 0.4) is 0 Å². The lowest BCUT2D eigenvalue weighted by molar-refractivity contribution is -0.191. The van der Waals surface area contributed by atoms with Crippen molar-refractivity contribution in [2.24, 2.45) is 11.7 Å². The smallest absolute Gasteiger partial charge is 0.326 e. The molecule has 2 atom stereocenters. The normalized spacial score (nSPS) is 13.2. The van der Waals surface area contributed by atoms with Crippen LogP contribution in [0.1, 0.15) is 38.8 Å². The molecule has 2 amide bonds. The lowest BCUT2D eigenvalue weighted by Gasteiger charge is -2.33. The van der Waals surface area contributed by atoms with Gasteiger partial charge in [0.1, 0.15) is 6.54 Å². The molecule has 0 bridgehead atoms.